The van der Waals surface area contributed by atoms with Gasteiger partial charge in [-0.1, -0.05) is 24.3 Å². The number of carbonyl (C=O) groups is 3. The van der Waals surface area contributed by atoms with Crippen molar-refractivity contribution in [2.75, 3.05) is 6.54 Å². The second-order valence-electron chi connectivity index (χ2n) is 6.19. The highest BCUT2D eigenvalue weighted by molar-refractivity contribution is 5.89. The Kier molecular flexibility index (Phi) is 4.32. The van der Waals surface area contributed by atoms with Crippen LogP contribution in [0.5, 0.6) is 0 Å². The SMILES string of the molecule is O=C(NCc1ccccc1CN1CCCC1=O)[C@H]1C[C@H]1C(=O)O. The lowest BCUT2D eigenvalue weighted by atomic mass is 10.1. The summed E-state index contributed by atoms with van der Waals surface area (Å²) in [6.45, 7) is 1.70. The second kappa shape index (κ2) is 6.40. The van der Waals surface area contributed by atoms with Gasteiger partial charge in [-0.3, -0.25) is 14.4 Å². The molecular formula is C17H20N2O4. The smallest absolute Gasteiger partial charge is 0.307 e. The minimum Gasteiger partial charge on any atom is -0.481 e. The third-order valence-electron chi connectivity index (χ3n) is 4.55. The average molecular weight is 316 g/mol. The first-order chi connectivity index (χ1) is 11.1. The number of likely N-dealkylation sites (tertiary alicyclic amines) is 1. The van der Waals surface area contributed by atoms with Crippen LogP contribution in [-0.2, 0) is 27.5 Å². The van der Waals surface area contributed by atoms with Crippen molar-refractivity contribution in [1.29, 1.82) is 0 Å². The minimum atomic E-state index is -0.905. The van der Waals surface area contributed by atoms with Crippen LogP contribution < -0.4 is 5.32 Å². The van der Waals surface area contributed by atoms with E-state index in [0.29, 0.717) is 25.9 Å². The number of hydrogen-bond donors (Lipinski definition) is 2. The molecule has 0 unspecified atom stereocenters. The summed E-state index contributed by atoms with van der Waals surface area (Å²) in [6, 6.07) is 7.71. The number of hydrogen-bond acceptors (Lipinski definition) is 3. The number of carbonyl (C=O) groups excluding carboxylic acids is 2. The quantitative estimate of drug-likeness (QED) is 0.824. The van der Waals surface area contributed by atoms with Crippen LogP contribution in [0, 0.1) is 11.8 Å². The van der Waals surface area contributed by atoms with E-state index in [1.54, 1.807) is 0 Å². The molecule has 0 bridgehead atoms. The van der Waals surface area contributed by atoms with Crippen LogP contribution in [0.1, 0.15) is 30.4 Å². The molecule has 1 aliphatic heterocycles. The highest BCUT2D eigenvalue weighted by Gasteiger charge is 2.48. The van der Waals surface area contributed by atoms with Gasteiger partial charge in [0, 0.05) is 26.1 Å². The molecule has 1 aromatic carbocycles. The van der Waals surface area contributed by atoms with Crippen molar-refractivity contribution in [2.24, 2.45) is 11.8 Å². The van der Waals surface area contributed by atoms with Gasteiger partial charge in [0.2, 0.25) is 11.8 Å². The lowest BCUT2D eigenvalue weighted by Gasteiger charge is -2.18. The first-order valence-corrected chi connectivity index (χ1v) is 7.91. The van der Waals surface area contributed by atoms with Crippen molar-refractivity contribution >= 4 is 17.8 Å². The first kappa shape index (κ1) is 15.5. The molecule has 2 fully saturated rings. The molecule has 6 nitrogen and oxygen atoms in total. The largest absolute Gasteiger partial charge is 0.481 e. The molecule has 2 atom stereocenters. The van der Waals surface area contributed by atoms with Crippen LogP contribution in [0.25, 0.3) is 0 Å². The predicted octanol–water partition coefficient (Wildman–Crippen LogP) is 1.15. The third-order valence-corrected chi connectivity index (χ3v) is 4.55. The standard InChI is InChI=1S/C17H20N2O4/c20-15-6-3-7-19(15)10-12-5-2-1-4-11(12)9-18-16(21)13-8-14(13)17(22)23/h1-2,4-5,13-14H,3,6-10H2,(H,18,21)(H,22,23)/t13-,14+/m0/s1. The fraction of sp³-hybridized carbons (Fsp3) is 0.471. The highest BCUT2D eigenvalue weighted by atomic mass is 16.4. The van der Waals surface area contributed by atoms with Crippen LogP contribution in [0.15, 0.2) is 24.3 Å². The molecule has 0 aromatic heterocycles. The molecular weight excluding hydrogens is 296 g/mol. The van der Waals surface area contributed by atoms with E-state index in [1.807, 2.05) is 29.2 Å². The molecule has 0 radical (unpaired) electrons. The summed E-state index contributed by atoms with van der Waals surface area (Å²) >= 11 is 0. The number of nitrogens with zero attached hydrogens (tertiary/aromatic N) is 1. The van der Waals surface area contributed by atoms with Crippen LogP contribution in [0.2, 0.25) is 0 Å². The summed E-state index contributed by atoms with van der Waals surface area (Å²) in [5, 5.41) is 11.7. The van der Waals surface area contributed by atoms with Gasteiger partial charge in [-0.05, 0) is 24.0 Å². The van der Waals surface area contributed by atoms with Gasteiger partial charge < -0.3 is 15.3 Å². The molecule has 1 aromatic rings. The summed E-state index contributed by atoms with van der Waals surface area (Å²) in [5.41, 5.74) is 1.99. The number of amides is 2. The van der Waals surface area contributed by atoms with E-state index < -0.39 is 17.8 Å². The van der Waals surface area contributed by atoms with E-state index in [0.717, 1.165) is 24.1 Å². The van der Waals surface area contributed by atoms with Crippen LogP contribution in [0.4, 0.5) is 0 Å². The van der Waals surface area contributed by atoms with Crippen LogP contribution >= 0.6 is 0 Å². The minimum absolute atomic E-state index is 0.172. The summed E-state index contributed by atoms with van der Waals surface area (Å²) < 4.78 is 0. The molecule has 6 heteroatoms. The summed E-state index contributed by atoms with van der Waals surface area (Å²) in [5.74, 6) is -1.87. The fourth-order valence-electron chi connectivity index (χ4n) is 3.03. The number of aliphatic carboxylic acids is 1. The van der Waals surface area contributed by atoms with Crippen molar-refractivity contribution in [2.45, 2.75) is 32.4 Å². The Morgan fingerprint density at radius 2 is 1.96 bits per heavy atom. The van der Waals surface area contributed by atoms with E-state index in [9.17, 15) is 14.4 Å². The molecule has 2 aliphatic rings. The lowest BCUT2D eigenvalue weighted by Crippen LogP contribution is -2.28. The fourth-order valence-corrected chi connectivity index (χ4v) is 3.03. The van der Waals surface area contributed by atoms with E-state index in [1.165, 1.54) is 0 Å². The Labute approximate surface area is 134 Å². The van der Waals surface area contributed by atoms with E-state index in [-0.39, 0.29) is 11.8 Å². The molecule has 23 heavy (non-hydrogen) atoms. The molecule has 1 saturated heterocycles. The van der Waals surface area contributed by atoms with Crippen molar-refractivity contribution < 1.29 is 19.5 Å². The maximum atomic E-state index is 12.0. The number of carboxylic acid groups (broad SMARTS) is 1. The third kappa shape index (κ3) is 3.52. The Morgan fingerprint density at radius 3 is 2.57 bits per heavy atom. The molecule has 1 saturated carbocycles. The van der Waals surface area contributed by atoms with Gasteiger partial charge in [-0.15, -0.1) is 0 Å². The van der Waals surface area contributed by atoms with Gasteiger partial charge in [0.25, 0.3) is 0 Å². The first-order valence-electron chi connectivity index (χ1n) is 7.91. The van der Waals surface area contributed by atoms with Crippen molar-refractivity contribution in [3.63, 3.8) is 0 Å². The average Bonchev–Trinajstić information content (AvgIpc) is 3.25. The Bertz CT molecular complexity index is 643. The van der Waals surface area contributed by atoms with Crippen LogP contribution in [-0.4, -0.2) is 34.3 Å². The van der Waals surface area contributed by atoms with Crippen molar-refractivity contribution in [3.05, 3.63) is 35.4 Å². The summed E-state index contributed by atoms with van der Waals surface area (Å²) in [4.78, 5) is 36.4. The highest BCUT2D eigenvalue weighted by Crippen LogP contribution is 2.38. The van der Waals surface area contributed by atoms with Crippen LogP contribution in [0.3, 0.4) is 0 Å². The summed E-state index contributed by atoms with van der Waals surface area (Å²) in [7, 11) is 0. The zero-order chi connectivity index (χ0) is 16.4. The number of benzene rings is 1. The Morgan fingerprint density at radius 1 is 1.22 bits per heavy atom. The number of rotatable bonds is 6. The lowest BCUT2D eigenvalue weighted by molar-refractivity contribution is -0.140. The molecule has 2 amide bonds. The number of carboxylic acids is 1. The Hall–Kier alpha value is -2.37. The Balaban J connectivity index is 1.59. The monoisotopic (exact) mass is 316 g/mol. The van der Waals surface area contributed by atoms with Gasteiger partial charge in [0.1, 0.15) is 0 Å². The van der Waals surface area contributed by atoms with Gasteiger partial charge in [-0.25, -0.2) is 0 Å². The zero-order valence-electron chi connectivity index (χ0n) is 12.8. The second-order valence-corrected chi connectivity index (χ2v) is 6.19. The maximum Gasteiger partial charge on any atom is 0.307 e. The molecule has 3 rings (SSSR count). The van der Waals surface area contributed by atoms with E-state index in [2.05, 4.69) is 5.32 Å². The van der Waals surface area contributed by atoms with E-state index in [4.69, 9.17) is 5.11 Å². The molecule has 1 aliphatic carbocycles. The van der Waals surface area contributed by atoms with Crippen molar-refractivity contribution in [3.8, 4) is 0 Å². The normalized spacial score (nSPS) is 23.0. The topological polar surface area (TPSA) is 86.7 Å². The molecule has 2 N–H and O–H groups in total. The van der Waals surface area contributed by atoms with Gasteiger partial charge in [0.05, 0.1) is 11.8 Å². The summed E-state index contributed by atoms with van der Waals surface area (Å²) in [6.07, 6.45) is 1.93. The molecule has 0 spiro atoms. The number of nitrogens with one attached hydrogen (secondary N) is 1. The predicted molar refractivity (Wildman–Crippen MR) is 82.2 cm³/mol. The molecule has 1 heterocycles. The zero-order valence-corrected chi connectivity index (χ0v) is 12.8. The van der Waals surface area contributed by atoms with Crippen molar-refractivity contribution in [1.82, 2.24) is 10.2 Å². The van der Waals surface area contributed by atoms with Gasteiger partial charge in [-0.2, -0.15) is 0 Å². The van der Waals surface area contributed by atoms with Gasteiger partial charge in [0.15, 0.2) is 0 Å². The molecule has 122 valence electrons. The van der Waals surface area contributed by atoms with Gasteiger partial charge >= 0.3 is 5.97 Å². The maximum absolute atomic E-state index is 12.0. The van der Waals surface area contributed by atoms with E-state index >= 15 is 0 Å².